The summed E-state index contributed by atoms with van der Waals surface area (Å²) in [5.74, 6) is 1.21. The van der Waals surface area contributed by atoms with E-state index in [9.17, 15) is 5.11 Å². The number of allylic oxidation sites excluding steroid dienone is 4. The molecule has 4 N–H and O–H groups in total. The molecule has 1 unspecified atom stereocenters. The summed E-state index contributed by atoms with van der Waals surface area (Å²) in [5.41, 5.74) is 13.7. The van der Waals surface area contributed by atoms with Crippen molar-refractivity contribution >= 4 is 40.1 Å². The second-order valence-electron chi connectivity index (χ2n) is 11.0. The Bertz CT molecular complexity index is 1570. The van der Waals surface area contributed by atoms with Crippen LogP contribution in [0.2, 0.25) is 0 Å². The maximum Gasteiger partial charge on any atom is 0.119 e. The number of nitrogens with zero attached hydrogens (tertiary/aromatic N) is 4. The smallest absolute Gasteiger partial charge is 0.119 e. The van der Waals surface area contributed by atoms with Crippen LogP contribution >= 0.6 is 23.2 Å². The molecule has 44 heavy (non-hydrogen) atoms. The number of aliphatic hydroxyl groups excluding tert-OH is 1. The van der Waals surface area contributed by atoms with Crippen molar-refractivity contribution in [2.24, 2.45) is 5.73 Å². The number of hydrogen-bond acceptors (Lipinski definition) is 6. The number of nitrogens with two attached hydrogens (primary N) is 1. The molecule has 0 bridgehead atoms. The first-order valence-corrected chi connectivity index (χ1v) is 15.8. The van der Waals surface area contributed by atoms with Crippen LogP contribution in [0.3, 0.4) is 0 Å². The van der Waals surface area contributed by atoms with Crippen LogP contribution < -0.4 is 16.0 Å². The average Bonchev–Trinajstić information content (AvgIpc) is 3.44. The zero-order chi connectivity index (χ0) is 31.1. The number of nitrogens with one attached hydrogen (secondary N) is 1. The Morgan fingerprint density at radius 3 is 2.16 bits per heavy atom. The molecule has 0 spiro atoms. The SMILES string of the molecule is C/C=C(\C(Cl)=C/CCl)c1cn(-c2ccc(NCC(N)O)cc2)c(Cc2ccc(-c3ccc(N4CCN(C)CC4)cc3)cc2)n1. The number of imidazole rings is 1. The van der Waals surface area contributed by atoms with Gasteiger partial charge in [0.2, 0.25) is 0 Å². The van der Waals surface area contributed by atoms with Gasteiger partial charge in [0.1, 0.15) is 12.1 Å². The molecule has 1 aliphatic rings. The zero-order valence-corrected chi connectivity index (χ0v) is 26.8. The first-order chi connectivity index (χ1) is 21.3. The van der Waals surface area contributed by atoms with E-state index in [0.717, 1.165) is 60.2 Å². The molecule has 4 aromatic rings. The van der Waals surface area contributed by atoms with Crippen molar-refractivity contribution in [3.63, 3.8) is 0 Å². The summed E-state index contributed by atoms with van der Waals surface area (Å²) < 4.78 is 2.09. The molecule has 2 heterocycles. The van der Waals surface area contributed by atoms with Gasteiger partial charge in [-0.3, -0.25) is 0 Å². The summed E-state index contributed by atoms with van der Waals surface area (Å²) in [5, 5.41) is 13.1. The van der Waals surface area contributed by atoms with Gasteiger partial charge in [-0.15, -0.1) is 11.6 Å². The summed E-state index contributed by atoms with van der Waals surface area (Å²) in [7, 11) is 2.18. The molecule has 7 nitrogen and oxygen atoms in total. The number of benzene rings is 3. The molecule has 0 radical (unpaired) electrons. The first-order valence-electron chi connectivity index (χ1n) is 14.9. The molecule has 0 amide bonds. The Kier molecular flexibility index (Phi) is 10.8. The number of likely N-dealkylation sites (N-methyl/N-ethyl adjacent to an activating group) is 1. The Morgan fingerprint density at radius 1 is 0.955 bits per heavy atom. The third-order valence-electron chi connectivity index (χ3n) is 7.90. The van der Waals surface area contributed by atoms with Crippen molar-refractivity contribution in [2.75, 3.05) is 55.9 Å². The van der Waals surface area contributed by atoms with Crippen LogP contribution in [-0.4, -0.2) is 71.4 Å². The van der Waals surface area contributed by atoms with E-state index in [2.05, 4.69) is 75.3 Å². The summed E-state index contributed by atoms with van der Waals surface area (Å²) >= 11 is 12.5. The molecule has 1 saturated heterocycles. The minimum absolute atomic E-state index is 0.270. The summed E-state index contributed by atoms with van der Waals surface area (Å²) in [6.45, 7) is 6.53. The molecule has 0 saturated carbocycles. The molecule has 5 rings (SSSR count). The largest absolute Gasteiger partial charge is 0.381 e. The lowest BCUT2D eigenvalue weighted by atomic mass is 10.0. The van der Waals surface area contributed by atoms with Gasteiger partial charge in [0.05, 0.1) is 12.2 Å². The van der Waals surface area contributed by atoms with Crippen LogP contribution in [0.25, 0.3) is 22.4 Å². The van der Waals surface area contributed by atoms with Crippen molar-refractivity contribution in [3.05, 3.63) is 113 Å². The number of piperazine rings is 1. The van der Waals surface area contributed by atoms with Crippen LogP contribution in [0.4, 0.5) is 11.4 Å². The number of aliphatic hydroxyl groups is 1. The Balaban J connectivity index is 1.38. The molecule has 3 aromatic carbocycles. The lowest BCUT2D eigenvalue weighted by Gasteiger charge is -2.34. The maximum atomic E-state index is 9.40. The molecular weight excluding hydrogens is 591 g/mol. The van der Waals surface area contributed by atoms with Gasteiger partial charge in [-0.05, 0) is 67.1 Å². The van der Waals surface area contributed by atoms with Crippen molar-refractivity contribution in [3.8, 4) is 16.8 Å². The topological polar surface area (TPSA) is 82.6 Å². The minimum Gasteiger partial charge on any atom is -0.381 e. The van der Waals surface area contributed by atoms with Crippen LogP contribution in [0.5, 0.6) is 0 Å². The molecule has 1 atom stereocenters. The van der Waals surface area contributed by atoms with E-state index in [1.165, 1.54) is 16.8 Å². The lowest BCUT2D eigenvalue weighted by molar-refractivity contribution is 0.196. The van der Waals surface area contributed by atoms with Gasteiger partial charge in [-0.1, -0.05) is 60.2 Å². The number of rotatable bonds is 11. The average molecular weight is 632 g/mol. The van der Waals surface area contributed by atoms with Gasteiger partial charge in [0.15, 0.2) is 0 Å². The van der Waals surface area contributed by atoms with Crippen LogP contribution in [-0.2, 0) is 6.42 Å². The molecular formula is C35H40Cl2N6O. The zero-order valence-electron chi connectivity index (χ0n) is 25.3. The predicted octanol–water partition coefficient (Wildman–Crippen LogP) is 6.34. The number of halogens is 2. The van der Waals surface area contributed by atoms with E-state index in [-0.39, 0.29) is 6.54 Å². The molecule has 9 heteroatoms. The highest BCUT2D eigenvalue weighted by Crippen LogP contribution is 2.29. The van der Waals surface area contributed by atoms with Gasteiger partial charge in [-0.25, -0.2) is 4.98 Å². The fraction of sp³-hybridized carbons (Fsp3) is 0.286. The van der Waals surface area contributed by atoms with Crippen molar-refractivity contribution in [1.29, 1.82) is 0 Å². The molecule has 1 aromatic heterocycles. The van der Waals surface area contributed by atoms with Crippen molar-refractivity contribution in [1.82, 2.24) is 14.5 Å². The first kappa shape index (κ1) is 31.8. The van der Waals surface area contributed by atoms with Crippen LogP contribution in [0.1, 0.15) is 24.0 Å². The van der Waals surface area contributed by atoms with E-state index in [0.29, 0.717) is 17.3 Å². The third kappa shape index (κ3) is 7.92. The highest BCUT2D eigenvalue weighted by molar-refractivity contribution is 6.37. The number of aromatic nitrogens is 2. The normalized spacial score (nSPS) is 15.5. The van der Waals surface area contributed by atoms with Crippen LogP contribution in [0, 0.1) is 0 Å². The second-order valence-corrected chi connectivity index (χ2v) is 11.7. The second kappa shape index (κ2) is 14.9. The Hall–Kier alpha value is -3.59. The number of alkyl halides is 1. The quantitative estimate of drug-likeness (QED) is 0.102. The van der Waals surface area contributed by atoms with Gasteiger partial charge in [0.25, 0.3) is 0 Å². The van der Waals surface area contributed by atoms with E-state index < -0.39 is 6.23 Å². The Labute approximate surface area is 270 Å². The highest BCUT2D eigenvalue weighted by Gasteiger charge is 2.16. The minimum atomic E-state index is -0.921. The standard InChI is InChI=1S/C35H40Cl2N6O/c1-3-31(32(37)16-17-36)33-24-43(30-14-10-28(11-15-30)39-23-34(38)44)35(40-33)22-25-4-6-26(7-5-25)27-8-12-29(13-9-27)42-20-18-41(2)19-21-42/h3-16,24,34,39,44H,17-23,38H2,1-2H3/b31-3+,32-16+. The van der Waals surface area contributed by atoms with E-state index >= 15 is 0 Å². The summed E-state index contributed by atoms with van der Waals surface area (Å²) in [4.78, 5) is 9.86. The predicted molar refractivity (Wildman–Crippen MR) is 185 cm³/mol. The van der Waals surface area contributed by atoms with Gasteiger partial charge in [0, 0.05) is 72.3 Å². The third-order valence-corrected chi connectivity index (χ3v) is 8.42. The molecule has 1 aliphatic heterocycles. The molecule has 0 aliphatic carbocycles. The summed E-state index contributed by atoms with van der Waals surface area (Å²) in [6.07, 6.45) is 5.46. The van der Waals surface area contributed by atoms with E-state index in [1.54, 1.807) is 6.08 Å². The van der Waals surface area contributed by atoms with Crippen molar-refractivity contribution < 1.29 is 5.11 Å². The summed E-state index contributed by atoms with van der Waals surface area (Å²) in [6, 6.07) is 25.5. The van der Waals surface area contributed by atoms with Gasteiger partial charge >= 0.3 is 0 Å². The van der Waals surface area contributed by atoms with E-state index in [1.807, 2.05) is 43.5 Å². The van der Waals surface area contributed by atoms with Gasteiger partial charge < -0.3 is 30.5 Å². The van der Waals surface area contributed by atoms with Crippen LogP contribution in [0.15, 0.2) is 96.2 Å². The fourth-order valence-electron chi connectivity index (χ4n) is 5.37. The number of anilines is 2. The molecule has 1 fully saturated rings. The lowest BCUT2D eigenvalue weighted by Crippen LogP contribution is -2.44. The Morgan fingerprint density at radius 2 is 1.57 bits per heavy atom. The molecule has 230 valence electrons. The number of hydrogen-bond donors (Lipinski definition) is 3. The van der Waals surface area contributed by atoms with Crippen molar-refractivity contribution in [2.45, 2.75) is 19.6 Å². The van der Waals surface area contributed by atoms with E-state index in [4.69, 9.17) is 33.9 Å². The highest BCUT2D eigenvalue weighted by atomic mass is 35.5. The fourth-order valence-corrected chi connectivity index (χ4v) is 5.89. The maximum absolute atomic E-state index is 9.40. The van der Waals surface area contributed by atoms with Gasteiger partial charge in [-0.2, -0.15) is 0 Å². The monoisotopic (exact) mass is 630 g/mol.